The van der Waals surface area contributed by atoms with E-state index in [1.807, 2.05) is 0 Å². The highest BCUT2D eigenvalue weighted by atomic mass is 32.2. The van der Waals surface area contributed by atoms with Crippen molar-refractivity contribution < 1.29 is 22.5 Å². The molecule has 2 aromatic rings. The molecule has 0 aromatic heterocycles. The second kappa shape index (κ2) is 6.58. The van der Waals surface area contributed by atoms with Crippen molar-refractivity contribution in [3.05, 3.63) is 59.7 Å². The topological polar surface area (TPSA) is 43.4 Å². The largest absolute Gasteiger partial charge is 0.495 e. The molecule has 0 amide bonds. The Morgan fingerprint density at radius 1 is 1.10 bits per heavy atom. The lowest BCUT2D eigenvalue weighted by Crippen LogP contribution is -2.15. The molecule has 21 heavy (non-hydrogen) atoms. The maximum Gasteiger partial charge on any atom is 0.181 e. The lowest BCUT2D eigenvalue weighted by Gasteiger charge is -2.08. The van der Waals surface area contributed by atoms with Crippen molar-refractivity contribution in [2.45, 2.75) is 4.90 Å². The molecule has 0 bridgehead atoms. The van der Waals surface area contributed by atoms with Gasteiger partial charge in [-0.15, -0.1) is 0 Å². The first kappa shape index (κ1) is 15.3. The minimum absolute atomic E-state index is 0.310. The van der Waals surface area contributed by atoms with Crippen LogP contribution < -0.4 is 4.74 Å². The molecule has 1 atom stereocenters. The molecule has 0 saturated carbocycles. The normalized spacial score (nSPS) is 12.0. The highest BCUT2D eigenvalue weighted by Gasteiger charge is 2.21. The molecule has 0 saturated heterocycles. The second-order valence-corrected chi connectivity index (χ2v) is 5.58. The van der Waals surface area contributed by atoms with Crippen LogP contribution in [0.2, 0.25) is 0 Å². The maximum absolute atomic E-state index is 13.5. The Morgan fingerprint density at radius 2 is 1.71 bits per heavy atom. The molecule has 3 nitrogen and oxygen atoms in total. The average Bonchev–Trinajstić information content (AvgIpc) is 2.46. The van der Waals surface area contributed by atoms with E-state index in [-0.39, 0.29) is 0 Å². The van der Waals surface area contributed by atoms with Gasteiger partial charge in [0.1, 0.15) is 17.4 Å². The molecule has 0 heterocycles. The van der Waals surface area contributed by atoms with Crippen molar-refractivity contribution in [3.8, 4) is 5.75 Å². The number of hydrogen-bond donors (Lipinski definition) is 0. The van der Waals surface area contributed by atoms with Gasteiger partial charge in [0, 0.05) is 0 Å². The molecule has 0 radical (unpaired) electrons. The summed E-state index contributed by atoms with van der Waals surface area (Å²) in [6.45, 7) is 0. The summed E-state index contributed by atoms with van der Waals surface area (Å²) in [5, 5.41) is 0. The zero-order valence-electron chi connectivity index (χ0n) is 11.1. The fourth-order valence-corrected chi connectivity index (χ4v) is 2.98. The van der Waals surface area contributed by atoms with Gasteiger partial charge < -0.3 is 4.74 Å². The molecule has 0 aliphatic carbocycles. The first-order valence-corrected chi connectivity index (χ1v) is 7.35. The van der Waals surface area contributed by atoms with Crippen LogP contribution in [0.1, 0.15) is 10.4 Å². The molecule has 0 fully saturated rings. The smallest absolute Gasteiger partial charge is 0.181 e. The van der Waals surface area contributed by atoms with Crippen LogP contribution in [-0.2, 0) is 10.8 Å². The predicted molar refractivity (Wildman–Crippen MR) is 75.0 cm³/mol. The number of ketones is 1. The lowest BCUT2D eigenvalue weighted by molar-refractivity contribution is 0.101. The van der Waals surface area contributed by atoms with Crippen molar-refractivity contribution in [3.63, 3.8) is 0 Å². The zero-order valence-corrected chi connectivity index (χ0v) is 12.0. The number of benzene rings is 2. The first-order valence-electron chi connectivity index (χ1n) is 6.03. The summed E-state index contributed by atoms with van der Waals surface area (Å²) in [6, 6.07) is 9.62. The fraction of sp³-hybridized carbons (Fsp3) is 0.133. The van der Waals surface area contributed by atoms with E-state index < -0.39 is 39.5 Å². The number of hydrogen-bond acceptors (Lipinski definition) is 3. The summed E-state index contributed by atoms with van der Waals surface area (Å²) in [4.78, 5) is 12.3. The van der Waals surface area contributed by atoms with Crippen LogP contribution in [0.15, 0.2) is 47.4 Å². The summed E-state index contributed by atoms with van der Waals surface area (Å²) >= 11 is 0. The Bertz CT molecular complexity index is 681. The van der Waals surface area contributed by atoms with Gasteiger partial charge in [0.25, 0.3) is 0 Å². The SMILES string of the molecule is COc1ccccc1S(=O)CC(=O)c1c(F)cccc1F. The monoisotopic (exact) mass is 310 g/mol. The summed E-state index contributed by atoms with van der Waals surface area (Å²) < 4.78 is 44.3. The second-order valence-electron chi connectivity index (χ2n) is 4.16. The number of carbonyl (C=O) groups excluding carboxylic acids is 1. The Morgan fingerprint density at radius 3 is 2.33 bits per heavy atom. The molecular formula is C15H12F2O3S. The van der Waals surface area contributed by atoms with Crippen LogP contribution in [0.3, 0.4) is 0 Å². The van der Waals surface area contributed by atoms with Crippen molar-refractivity contribution >= 4 is 16.6 Å². The molecule has 110 valence electrons. The van der Waals surface area contributed by atoms with Crippen LogP contribution in [0, 0.1) is 11.6 Å². The van der Waals surface area contributed by atoms with E-state index in [0.717, 1.165) is 12.1 Å². The van der Waals surface area contributed by atoms with Crippen molar-refractivity contribution in [1.29, 1.82) is 0 Å². The van der Waals surface area contributed by atoms with Crippen LogP contribution in [0.4, 0.5) is 8.78 Å². The number of carbonyl (C=O) groups is 1. The quantitative estimate of drug-likeness (QED) is 0.798. The van der Waals surface area contributed by atoms with Crippen LogP contribution in [0.5, 0.6) is 5.75 Å². The molecule has 2 rings (SSSR count). The Kier molecular flexibility index (Phi) is 4.80. The number of methoxy groups -OCH3 is 1. The third kappa shape index (κ3) is 3.33. The van der Waals surface area contributed by atoms with E-state index in [4.69, 9.17) is 4.74 Å². The Hall–Kier alpha value is -2.08. The standard InChI is InChI=1S/C15H12F2O3S/c1-20-13-7-2-3-8-14(13)21(19)9-12(18)15-10(16)5-4-6-11(15)17/h2-8H,9H2,1H3. The fourth-order valence-electron chi connectivity index (χ4n) is 1.84. The number of halogens is 2. The lowest BCUT2D eigenvalue weighted by atomic mass is 10.1. The predicted octanol–water partition coefficient (Wildman–Crippen LogP) is 2.96. The molecule has 0 spiro atoms. The number of Topliss-reactive ketones (excluding diaryl/α,β-unsaturated/α-hetero) is 1. The van der Waals surface area contributed by atoms with E-state index in [2.05, 4.69) is 0 Å². The molecule has 2 aromatic carbocycles. The van der Waals surface area contributed by atoms with Crippen molar-refractivity contribution in [1.82, 2.24) is 0 Å². The van der Waals surface area contributed by atoms with Crippen LogP contribution >= 0.6 is 0 Å². The van der Waals surface area contributed by atoms with Gasteiger partial charge in [0.2, 0.25) is 0 Å². The third-order valence-corrected chi connectivity index (χ3v) is 4.17. The Balaban J connectivity index is 2.26. The molecule has 6 heteroatoms. The highest BCUT2D eigenvalue weighted by Crippen LogP contribution is 2.22. The van der Waals surface area contributed by atoms with E-state index in [1.165, 1.54) is 13.2 Å². The highest BCUT2D eigenvalue weighted by molar-refractivity contribution is 7.86. The third-order valence-electron chi connectivity index (χ3n) is 2.82. The number of rotatable bonds is 5. The summed E-state index contributed by atoms with van der Waals surface area (Å²) in [7, 11) is -0.339. The molecule has 0 N–H and O–H groups in total. The van der Waals surface area contributed by atoms with E-state index >= 15 is 0 Å². The van der Waals surface area contributed by atoms with Crippen LogP contribution in [0.25, 0.3) is 0 Å². The molecule has 0 aliphatic rings. The van der Waals surface area contributed by atoms with E-state index in [0.29, 0.717) is 10.6 Å². The van der Waals surface area contributed by atoms with Gasteiger partial charge >= 0.3 is 0 Å². The van der Waals surface area contributed by atoms with E-state index in [9.17, 15) is 17.8 Å². The Labute approximate surface area is 123 Å². The molecular weight excluding hydrogens is 298 g/mol. The van der Waals surface area contributed by atoms with Crippen molar-refractivity contribution in [2.24, 2.45) is 0 Å². The van der Waals surface area contributed by atoms with Crippen LogP contribution in [-0.4, -0.2) is 22.9 Å². The zero-order chi connectivity index (χ0) is 15.4. The average molecular weight is 310 g/mol. The number of para-hydroxylation sites is 1. The molecule has 0 aliphatic heterocycles. The minimum Gasteiger partial charge on any atom is -0.495 e. The van der Waals surface area contributed by atoms with E-state index in [1.54, 1.807) is 24.3 Å². The number of ether oxygens (including phenoxy) is 1. The summed E-state index contributed by atoms with van der Waals surface area (Å²) in [5.74, 6) is -2.93. The van der Waals surface area contributed by atoms with Gasteiger partial charge in [-0.3, -0.25) is 9.00 Å². The molecule has 1 unspecified atom stereocenters. The minimum atomic E-state index is -1.75. The van der Waals surface area contributed by atoms with Gasteiger partial charge in [0.15, 0.2) is 5.78 Å². The first-order chi connectivity index (χ1) is 10.0. The van der Waals surface area contributed by atoms with Gasteiger partial charge in [-0.2, -0.15) is 0 Å². The maximum atomic E-state index is 13.5. The van der Waals surface area contributed by atoms with Gasteiger partial charge in [0.05, 0.1) is 34.1 Å². The summed E-state index contributed by atoms with van der Waals surface area (Å²) in [6.07, 6.45) is 0. The van der Waals surface area contributed by atoms with Crippen molar-refractivity contribution in [2.75, 3.05) is 12.9 Å². The summed E-state index contributed by atoms with van der Waals surface area (Å²) in [5.41, 5.74) is -0.666. The van der Waals surface area contributed by atoms with Gasteiger partial charge in [-0.25, -0.2) is 8.78 Å². The van der Waals surface area contributed by atoms with Gasteiger partial charge in [-0.1, -0.05) is 18.2 Å². The van der Waals surface area contributed by atoms with Gasteiger partial charge in [-0.05, 0) is 24.3 Å².